The molecule has 0 fully saturated rings. The second kappa shape index (κ2) is 4.61. The van der Waals surface area contributed by atoms with Crippen molar-refractivity contribution < 1.29 is 14.8 Å². The van der Waals surface area contributed by atoms with Crippen molar-refractivity contribution in [3.8, 4) is 5.69 Å². The molecule has 0 aromatic carbocycles. The van der Waals surface area contributed by atoms with Gasteiger partial charge in [0, 0.05) is 0 Å². The molecule has 1 N–H and O–H groups in total. The second-order valence-corrected chi connectivity index (χ2v) is 3.89. The Morgan fingerprint density at radius 3 is 2.84 bits per heavy atom. The fourth-order valence-corrected chi connectivity index (χ4v) is 1.59. The minimum Gasteiger partial charge on any atom is -0.475 e. The van der Waals surface area contributed by atoms with Crippen LogP contribution in [0.15, 0.2) is 12.3 Å². The molecule has 10 heteroatoms. The maximum atomic E-state index is 11.0. The lowest BCUT2D eigenvalue weighted by atomic mass is 10.4. The Hall–Kier alpha value is -2.55. The number of hydrogen-bond acceptors (Lipinski definition) is 6. The van der Waals surface area contributed by atoms with Gasteiger partial charge in [0.1, 0.15) is 5.82 Å². The molecule has 0 atom stereocenters. The van der Waals surface area contributed by atoms with Gasteiger partial charge in [-0.25, -0.2) is 9.78 Å². The van der Waals surface area contributed by atoms with E-state index in [2.05, 4.69) is 15.1 Å². The van der Waals surface area contributed by atoms with Crippen LogP contribution in [0.2, 0.25) is 5.02 Å². The minimum atomic E-state index is -1.37. The summed E-state index contributed by atoms with van der Waals surface area (Å²) in [6.45, 7) is 1.47. The van der Waals surface area contributed by atoms with Crippen molar-refractivity contribution in [1.29, 1.82) is 0 Å². The molecule has 0 aliphatic carbocycles. The van der Waals surface area contributed by atoms with Crippen molar-refractivity contribution in [3.05, 3.63) is 39.0 Å². The smallest absolute Gasteiger partial charge is 0.389 e. The van der Waals surface area contributed by atoms with Gasteiger partial charge >= 0.3 is 11.8 Å². The van der Waals surface area contributed by atoms with Gasteiger partial charge in [-0.15, -0.1) is 0 Å². The number of carboxylic acids is 1. The molecule has 0 spiro atoms. The molecule has 0 saturated carbocycles. The third-order valence-corrected chi connectivity index (χ3v) is 2.33. The van der Waals surface area contributed by atoms with E-state index in [1.54, 1.807) is 0 Å². The average Bonchev–Trinajstić information content (AvgIpc) is 2.70. The van der Waals surface area contributed by atoms with Gasteiger partial charge in [0.15, 0.2) is 11.9 Å². The van der Waals surface area contributed by atoms with Crippen LogP contribution in [0.1, 0.15) is 16.4 Å². The fraction of sp³-hybridized carbons (Fsp3) is 0.111. The minimum absolute atomic E-state index is 0.116. The first-order valence-electron chi connectivity index (χ1n) is 4.87. The molecule has 0 saturated heterocycles. The quantitative estimate of drug-likeness (QED) is 0.663. The van der Waals surface area contributed by atoms with Gasteiger partial charge in [-0.2, -0.15) is 9.78 Å². The molecule has 0 amide bonds. The summed E-state index contributed by atoms with van der Waals surface area (Å²) in [5.74, 6) is -2.22. The molecule has 0 aliphatic heterocycles. The molecule has 19 heavy (non-hydrogen) atoms. The molecule has 2 rings (SSSR count). The number of aromatic carboxylic acids is 1. The van der Waals surface area contributed by atoms with Crippen LogP contribution >= 0.6 is 11.6 Å². The summed E-state index contributed by atoms with van der Waals surface area (Å²) in [5.41, 5.74) is -0.157. The van der Waals surface area contributed by atoms with E-state index < -0.39 is 22.5 Å². The van der Waals surface area contributed by atoms with Crippen LogP contribution < -0.4 is 0 Å². The lowest BCUT2D eigenvalue weighted by Gasteiger charge is -2.03. The summed E-state index contributed by atoms with van der Waals surface area (Å²) >= 11 is 5.72. The number of hydrogen-bond donors (Lipinski definition) is 1. The van der Waals surface area contributed by atoms with Crippen LogP contribution in [0.5, 0.6) is 0 Å². The Morgan fingerprint density at radius 2 is 2.26 bits per heavy atom. The molecule has 0 radical (unpaired) electrons. The maximum Gasteiger partial charge on any atom is 0.389 e. The van der Waals surface area contributed by atoms with Crippen LogP contribution in [0, 0.1) is 17.0 Å². The lowest BCUT2D eigenvalue weighted by Crippen LogP contribution is -2.11. The first-order chi connectivity index (χ1) is 8.90. The summed E-state index contributed by atoms with van der Waals surface area (Å²) in [4.78, 5) is 28.4. The van der Waals surface area contributed by atoms with Crippen molar-refractivity contribution in [2.75, 3.05) is 0 Å². The third-order valence-electron chi connectivity index (χ3n) is 2.12. The third kappa shape index (κ3) is 2.36. The molecule has 0 aliphatic rings. The monoisotopic (exact) mass is 283 g/mol. The molecule has 0 bridgehead atoms. The topological polar surface area (TPSA) is 124 Å². The molecule has 9 nitrogen and oxygen atoms in total. The first kappa shape index (κ1) is 12.9. The van der Waals surface area contributed by atoms with Crippen LogP contribution in [-0.4, -0.2) is 35.7 Å². The standard InChI is InChI=1S/C9H6ClN5O4/c1-4-12-8(9(16)17)14(13-4)6-2-5(10)3-11-7(6)15(18)19/h2-3H,1H3,(H,16,17). The van der Waals surface area contributed by atoms with Gasteiger partial charge in [-0.3, -0.25) is 0 Å². The Labute approximate surface area is 110 Å². The molecule has 2 heterocycles. The predicted molar refractivity (Wildman–Crippen MR) is 62.5 cm³/mol. The van der Waals surface area contributed by atoms with Crippen molar-refractivity contribution in [2.24, 2.45) is 0 Å². The number of aryl methyl sites for hydroxylation is 1. The summed E-state index contributed by atoms with van der Waals surface area (Å²) < 4.78 is 0.828. The second-order valence-electron chi connectivity index (χ2n) is 3.45. The van der Waals surface area contributed by atoms with Gasteiger partial charge in [0.25, 0.3) is 0 Å². The molecule has 98 valence electrons. The van der Waals surface area contributed by atoms with Gasteiger partial charge in [-0.1, -0.05) is 11.6 Å². The van der Waals surface area contributed by atoms with E-state index in [1.807, 2.05) is 0 Å². The van der Waals surface area contributed by atoms with E-state index in [0.717, 1.165) is 10.9 Å². The van der Waals surface area contributed by atoms with Crippen LogP contribution in [0.4, 0.5) is 5.82 Å². The van der Waals surface area contributed by atoms with Gasteiger partial charge in [0.2, 0.25) is 5.82 Å². The van der Waals surface area contributed by atoms with E-state index >= 15 is 0 Å². The van der Waals surface area contributed by atoms with Gasteiger partial charge < -0.3 is 15.2 Å². The zero-order valence-electron chi connectivity index (χ0n) is 9.44. The highest BCUT2D eigenvalue weighted by atomic mass is 35.5. The Kier molecular flexibility index (Phi) is 3.13. The number of nitro groups is 1. The highest BCUT2D eigenvalue weighted by Gasteiger charge is 2.24. The zero-order chi connectivity index (χ0) is 14.2. The summed E-state index contributed by atoms with van der Waals surface area (Å²) in [5, 5.41) is 23.8. The molecule has 2 aromatic rings. The Balaban J connectivity index is 2.74. The molecular weight excluding hydrogens is 278 g/mol. The lowest BCUT2D eigenvalue weighted by molar-refractivity contribution is -0.389. The molecule has 0 unspecified atom stereocenters. The Bertz CT molecular complexity index is 683. The first-order valence-corrected chi connectivity index (χ1v) is 5.25. The summed E-state index contributed by atoms with van der Waals surface area (Å²) in [6, 6.07) is 1.20. The maximum absolute atomic E-state index is 11.0. The predicted octanol–water partition coefficient (Wildman–Crippen LogP) is 1.23. The van der Waals surface area contributed by atoms with E-state index in [0.29, 0.717) is 0 Å². The van der Waals surface area contributed by atoms with Crippen molar-refractivity contribution >= 4 is 23.4 Å². The van der Waals surface area contributed by atoms with Crippen LogP contribution in [0.3, 0.4) is 0 Å². The number of carboxylic acid groups (broad SMARTS) is 1. The Morgan fingerprint density at radius 1 is 1.58 bits per heavy atom. The number of aromatic nitrogens is 4. The number of rotatable bonds is 3. The number of nitrogens with zero attached hydrogens (tertiary/aromatic N) is 5. The largest absolute Gasteiger partial charge is 0.475 e. The van der Waals surface area contributed by atoms with Crippen molar-refractivity contribution in [1.82, 2.24) is 19.7 Å². The van der Waals surface area contributed by atoms with Crippen LogP contribution in [-0.2, 0) is 0 Å². The van der Waals surface area contributed by atoms with Crippen LogP contribution in [0.25, 0.3) is 5.69 Å². The van der Waals surface area contributed by atoms with E-state index in [-0.39, 0.29) is 16.5 Å². The van der Waals surface area contributed by atoms with Crippen molar-refractivity contribution in [2.45, 2.75) is 6.92 Å². The fourth-order valence-electron chi connectivity index (χ4n) is 1.44. The normalized spacial score (nSPS) is 10.4. The number of halogens is 1. The van der Waals surface area contributed by atoms with Gasteiger partial charge in [-0.05, 0) is 22.9 Å². The van der Waals surface area contributed by atoms with E-state index in [4.69, 9.17) is 16.7 Å². The van der Waals surface area contributed by atoms with Gasteiger partial charge in [0.05, 0.1) is 5.02 Å². The van der Waals surface area contributed by atoms with E-state index in [1.165, 1.54) is 13.0 Å². The highest BCUT2D eigenvalue weighted by Crippen LogP contribution is 2.24. The molecule has 2 aromatic heterocycles. The van der Waals surface area contributed by atoms with E-state index in [9.17, 15) is 14.9 Å². The average molecular weight is 284 g/mol. The molecular formula is C9H6ClN5O4. The summed E-state index contributed by atoms with van der Waals surface area (Å²) in [6.07, 6.45) is 1.09. The van der Waals surface area contributed by atoms with Crippen molar-refractivity contribution in [3.63, 3.8) is 0 Å². The number of pyridine rings is 1. The highest BCUT2D eigenvalue weighted by molar-refractivity contribution is 6.30. The number of carbonyl (C=O) groups is 1. The zero-order valence-corrected chi connectivity index (χ0v) is 10.2. The summed E-state index contributed by atoms with van der Waals surface area (Å²) in [7, 11) is 0. The SMILES string of the molecule is Cc1nc(C(=O)O)n(-c2cc(Cl)cnc2[N+](=O)[O-])n1.